The second kappa shape index (κ2) is 3.11. The molecule has 3 fully saturated rings. The molecule has 0 aromatic rings. The number of hydrogen-bond acceptors (Lipinski definition) is 1. The predicted molar refractivity (Wildman–Crippen MR) is 65.2 cm³/mol. The lowest BCUT2D eigenvalue weighted by Crippen LogP contribution is -3.02. The van der Waals surface area contributed by atoms with Crippen molar-refractivity contribution < 1.29 is 26.7 Å². The summed E-state index contributed by atoms with van der Waals surface area (Å²) in [6, 6.07) is 0. The van der Waals surface area contributed by atoms with Crippen LogP contribution in [0.1, 0.15) is 40.0 Å². The van der Waals surface area contributed by atoms with Crippen LogP contribution < -0.4 is 0 Å². The summed E-state index contributed by atoms with van der Waals surface area (Å²) in [5.41, 5.74) is -13.9. The maximum Gasteiger partial charge on any atom is 0.250 e. The Balaban J connectivity index is 1.83. The average Bonchev–Trinajstić information content (AvgIpc) is 2.86. The third kappa shape index (κ3) is 0.928. The van der Waals surface area contributed by atoms with Crippen LogP contribution in [0, 0.1) is 11.8 Å². The van der Waals surface area contributed by atoms with Gasteiger partial charge in [-0.25, -0.2) is 22.0 Å². The summed E-state index contributed by atoms with van der Waals surface area (Å²) >= 11 is 0. The van der Waals surface area contributed by atoms with Crippen molar-refractivity contribution in [2.24, 2.45) is 11.8 Å². The van der Waals surface area contributed by atoms with Gasteiger partial charge in [0.1, 0.15) is 5.60 Å². The second-order valence-corrected chi connectivity index (χ2v) is 7.74. The van der Waals surface area contributed by atoms with Gasteiger partial charge in [-0.1, -0.05) is 6.42 Å². The standard InChI is InChI=1S/C15H17F5O/c1-11(2,3)21-10-9(16)14(19)12(17)7-5-4-6-8(7)13(12,18)15(10,14)20/h7-8H,4-6H2,1-3H3/t7-,8+,12-,13+,14+,15-/m0/s1. The molecule has 0 N–H and O–H groups in total. The van der Waals surface area contributed by atoms with Crippen LogP contribution in [-0.4, -0.2) is 28.3 Å². The molecule has 6 atom stereocenters. The van der Waals surface area contributed by atoms with Crippen molar-refractivity contribution in [3.05, 3.63) is 11.6 Å². The van der Waals surface area contributed by atoms with Crippen LogP contribution in [-0.2, 0) is 4.74 Å². The van der Waals surface area contributed by atoms with Crippen molar-refractivity contribution in [3.8, 4) is 0 Å². The molecule has 0 radical (unpaired) electrons. The molecule has 0 bridgehead atoms. The van der Waals surface area contributed by atoms with E-state index in [1.807, 2.05) is 0 Å². The minimum Gasteiger partial charge on any atom is -0.486 e. The highest BCUT2D eigenvalue weighted by Gasteiger charge is 3.10. The van der Waals surface area contributed by atoms with E-state index in [0.29, 0.717) is 12.8 Å². The molecule has 0 saturated heterocycles. The summed E-state index contributed by atoms with van der Waals surface area (Å²) in [6.45, 7) is 4.54. The van der Waals surface area contributed by atoms with Gasteiger partial charge in [-0.3, -0.25) is 0 Å². The zero-order chi connectivity index (χ0) is 15.6. The Kier molecular flexibility index (Phi) is 2.05. The Morgan fingerprint density at radius 3 is 1.90 bits per heavy atom. The van der Waals surface area contributed by atoms with Gasteiger partial charge < -0.3 is 4.74 Å². The van der Waals surface area contributed by atoms with Gasteiger partial charge in [-0.05, 0) is 33.6 Å². The quantitative estimate of drug-likeness (QED) is 0.657. The molecule has 0 aromatic heterocycles. The molecule has 1 nitrogen and oxygen atoms in total. The molecule has 0 amide bonds. The van der Waals surface area contributed by atoms with E-state index in [0.717, 1.165) is 0 Å². The molecule has 6 heteroatoms. The highest BCUT2D eigenvalue weighted by molar-refractivity contribution is 5.66. The molecule has 4 rings (SSSR count). The molecule has 4 aliphatic carbocycles. The number of fused-ring (bicyclic) bond motifs is 7. The molecule has 0 aliphatic heterocycles. The fourth-order valence-electron chi connectivity index (χ4n) is 5.11. The van der Waals surface area contributed by atoms with Crippen molar-refractivity contribution in [1.82, 2.24) is 0 Å². The van der Waals surface area contributed by atoms with Gasteiger partial charge in [-0.15, -0.1) is 0 Å². The minimum atomic E-state index is -3.51. The lowest BCUT2D eigenvalue weighted by Gasteiger charge is -2.80. The topological polar surface area (TPSA) is 9.23 Å². The number of rotatable bonds is 1. The third-order valence-corrected chi connectivity index (χ3v) is 5.77. The lowest BCUT2D eigenvalue weighted by molar-refractivity contribution is -0.445. The maximum atomic E-state index is 15.1. The molecule has 0 heterocycles. The molecule has 4 aliphatic rings. The van der Waals surface area contributed by atoms with E-state index in [9.17, 15) is 13.2 Å². The first-order valence-corrected chi connectivity index (χ1v) is 7.33. The van der Waals surface area contributed by atoms with E-state index in [1.54, 1.807) is 0 Å². The number of halogens is 5. The van der Waals surface area contributed by atoms with Crippen LogP contribution in [0.15, 0.2) is 11.6 Å². The summed E-state index contributed by atoms with van der Waals surface area (Å²) in [6.07, 6.45) is 1.09. The number of ether oxygens (including phenoxy) is 1. The molecule has 0 spiro atoms. The Hall–Kier alpha value is -0.810. The molecule has 0 aromatic carbocycles. The number of hydrogen-bond donors (Lipinski definition) is 0. The van der Waals surface area contributed by atoms with Gasteiger partial charge in [0.05, 0.1) is 0 Å². The van der Waals surface area contributed by atoms with Crippen molar-refractivity contribution >= 4 is 0 Å². The summed E-state index contributed by atoms with van der Waals surface area (Å²) in [7, 11) is 0. The fraction of sp³-hybridized carbons (Fsp3) is 0.867. The Labute approximate surface area is 119 Å². The van der Waals surface area contributed by atoms with Crippen LogP contribution in [0.25, 0.3) is 0 Å². The van der Waals surface area contributed by atoms with Crippen molar-refractivity contribution in [2.45, 2.75) is 68.3 Å². The highest BCUT2D eigenvalue weighted by atomic mass is 19.2. The van der Waals surface area contributed by atoms with Crippen molar-refractivity contribution in [1.29, 1.82) is 0 Å². The summed E-state index contributed by atoms with van der Waals surface area (Å²) < 4.78 is 79.0. The minimum absolute atomic E-state index is 0.275. The maximum absolute atomic E-state index is 15.1. The SMILES string of the molecule is CC(C)(C)OC1=C(F)[C@]2(F)[C@@]1(F)[C@@]1(F)[C@@H]3CCC[C@@H]3[C@@]21F. The van der Waals surface area contributed by atoms with E-state index in [-0.39, 0.29) is 6.42 Å². The van der Waals surface area contributed by atoms with Gasteiger partial charge in [0.2, 0.25) is 5.67 Å². The molecule has 118 valence electrons. The smallest absolute Gasteiger partial charge is 0.250 e. The van der Waals surface area contributed by atoms with Crippen LogP contribution in [0.4, 0.5) is 22.0 Å². The molecular weight excluding hydrogens is 291 g/mol. The Morgan fingerprint density at radius 1 is 0.952 bits per heavy atom. The van der Waals surface area contributed by atoms with Crippen LogP contribution in [0.2, 0.25) is 0 Å². The second-order valence-electron chi connectivity index (χ2n) is 7.74. The van der Waals surface area contributed by atoms with Gasteiger partial charge in [0.15, 0.2) is 22.9 Å². The van der Waals surface area contributed by atoms with Gasteiger partial charge >= 0.3 is 0 Å². The first-order valence-electron chi connectivity index (χ1n) is 7.33. The van der Waals surface area contributed by atoms with Crippen LogP contribution in [0.5, 0.6) is 0 Å². The molecule has 3 saturated carbocycles. The number of alkyl halides is 4. The summed E-state index contributed by atoms with van der Waals surface area (Å²) in [5, 5.41) is 0. The van der Waals surface area contributed by atoms with E-state index < -0.39 is 51.7 Å². The van der Waals surface area contributed by atoms with Gasteiger partial charge in [0.25, 0.3) is 5.67 Å². The van der Waals surface area contributed by atoms with E-state index in [2.05, 4.69) is 0 Å². The molecule has 0 unspecified atom stereocenters. The first-order chi connectivity index (χ1) is 9.48. The zero-order valence-corrected chi connectivity index (χ0v) is 12.1. The third-order valence-electron chi connectivity index (χ3n) is 5.77. The highest BCUT2D eigenvalue weighted by Crippen LogP contribution is 2.89. The molecular formula is C15H17F5O. The largest absolute Gasteiger partial charge is 0.486 e. The lowest BCUT2D eigenvalue weighted by atomic mass is 9.28. The van der Waals surface area contributed by atoms with E-state index in [4.69, 9.17) is 4.74 Å². The van der Waals surface area contributed by atoms with Crippen LogP contribution >= 0.6 is 0 Å². The average molecular weight is 308 g/mol. The normalized spacial score (nSPS) is 57.5. The summed E-state index contributed by atoms with van der Waals surface area (Å²) in [4.78, 5) is 0. The van der Waals surface area contributed by atoms with Gasteiger partial charge in [-0.2, -0.15) is 0 Å². The first kappa shape index (κ1) is 13.8. The Bertz CT molecular complexity index is 583. The van der Waals surface area contributed by atoms with E-state index >= 15 is 8.78 Å². The monoisotopic (exact) mass is 308 g/mol. The zero-order valence-electron chi connectivity index (χ0n) is 12.1. The van der Waals surface area contributed by atoms with Gasteiger partial charge in [0, 0.05) is 11.8 Å². The number of allylic oxidation sites excluding steroid dienone is 2. The van der Waals surface area contributed by atoms with Crippen molar-refractivity contribution in [3.63, 3.8) is 0 Å². The van der Waals surface area contributed by atoms with E-state index in [1.165, 1.54) is 20.8 Å². The fourth-order valence-corrected chi connectivity index (χ4v) is 5.11. The van der Waals surface area contributed by atoms with Crippen LogP contribution in [0.3, 0.4) is 0 Å². The van der Waals surface area contributed by atoms with Crippen molar-refractivity contribution in [2.75, 3.05) is 0 Å². The summed E-state index contributed by atoms with van der Waals surface area (Å²) in [5.74, 6) is -4.42. The predicted octanol–water partition coefficient (Wildman–Crippen LogP) is 4.27. The Morgan fingerprint density at radius 2 is 1.43 bits per heavy atom. The molecule has 21 heavy (non-hydrogen) atoms.